The molecule has 1 aliphatic heterocycles. The van der Waals surface area contributed by atoms with Crippen molar-refractivity contribution in [2.24, 2.45) is 0 Å². The minimum absolute atomic E-state index is 0.0147. The van der Waals surface area contributed by atoms with E-state index in [-0.39, 0.29) is 24.8 Å². The fourth-order valence-electron chi connectivity index (χ4n) is 3.75. The molecule has 0 radical (unpaired) electrons. The van der Waals surface area contributed by atoms with E-state index in [0.29, 0.717) is 38.3 Å². The van der Waals surface area contributed by atoms with Gasteiger partial charge >= 0.3 is 0 Å². The average Bonchev–Trinajstić information content (AvgIpc) is 2.83. The molecule has 7 heteroatoms. The quantitative estimate of drug-likeness (QED) is 0.555. The summed E-state index contributed by atoms with van der Waals surface area (Å²) >= 11 is 0. The third-order valence-electron chi connectivity index (χ3n) is 6.00. The normalized spacial score (nSPS) is 15.1. The largest absolute Gasteiger partial charge is 0.494 e. The van der Waals surface area contributed by atoms with Crippen molar-refractivity contribution in [3.8, 4) is 11.5 Å². The van der Waals surface area contributed by atoms with Crippen LogP contribution in [0.5, 0.6) is 11.5 Å². The highest BCUT2D eigenvalue weighted by Crippen LogP contribution is 2.28. The number of nitrogens with zero attached hydrogens (tertiary/aromatic N) is 2. The maximum atomic E-state index is 12.8. The number of para-hydroxylation sites is 1. The summed E-state index contributed by atoms with van der Waals surface area (Å²) < 4.78 is 11.2. The van der Waals surface area contributed by atoms with Gasteiger partial charge in [-0.3, -0.25) is 9.59 Å². The number of rotatable bonds is 10. The van der Waals surface area contributed by atoms with Gasteiger partial charge in [-0.1, -0.05) is 31.5 Å². The Morgan fingerprint density at radius 1 is 1.00 bits per heavy atom. The third-order valence-corrected chi connectivity index (χ3v) is 6.00. The molecule has 0 saturated carbocycles. The lowest BCUT2D eigenvalue weighted by molar-refractivity contribution is -0.138. The number of hydrogen-bond acceptors (Lipinski definition) is 5. The second kappa shape index (κ2) is 11.7. The number of benzene rings is 2. The number of anilines is 1. The topological polar surface area (TPSA) is 79.3 Å². The van der Waals surface area contributed by atoms with Crippen LogP contribution >= 0.6 is 0 Å². The first-order valence-electron chi connectivity index (χ1n) is 11.6. The molecule has 1 saturated heterocycles. The second-order valence-corrected chi connectivity index (χ2v) is 8.53. The lowest BCUT2D eigenvalue weighted by Gasteiger charge is -2.38. The van der Waals surface area contributed by atoms with Crippen molar-refractivity contribution >= 4 is 17.5 Å². The van der Waals surface area contributed by atoms with Crippen molar-refractivity contribution in [1.29, 1.82) is 0 Å². The molecule has 178 valence electrons. The fraction of sp³-hybridized carbons (Fsp3) is 0.462. The Morgan fingerprint density at radius 3 is 2.27 bits per heavy atom. The Labute approximate surface area is 195 Å². The van der Waals surface area contributed by atoms with Crippen LogP contribution in [0.15, 0.2) is 54.6 Å². The summed E-state index contributed by atoms with van der Waals surface area (Å²) in [5.41, 5.74) is -0.372. The van der Waals surface area contributed by atoms with Gasteiger partial charge in [0, 0.05) is 25.8 Å². The van der Waals surface area contributed by atoms with E-state index in [9.17, 15) is 14.7 Å². The zero-order valence-electron chi connectivity index (χ0n) is 19.5. The fourth-order valence-corrected chi connectivity index (χ4v) is 3.75. The van der Waals surface area contributed by atoms with Crippen molar-refractivity contribution in [1.82, 2.24) is 4.90 Å². The monoisotopic (exact) mass is 454 g/mol. The Kier molecular flexibility index (Phi) is 8.72. The summed E-state index contributed by atoms with van der Waals surface area (Å²) in [6.45, 7) is 3.55. The number of carbonyl (C=O) groups excluding carboxylic acids is 2. The van der Waals surface area contributed by atoms with Crippen LogP contribution in [0.2, 0.25) is 0 Å². The van der Waals surface area contributed by atoms with Crippen molar-refractivity contribution < 1.29 is 24.2 Å². The SMILES string of the molecule is CCCCOc1ccc(N(C)C(=O)CC2(O)CCN(C(=O)COc3ccccc3)CC2)cc1. The maximum absolute atomic E-state index is 12.8. The molecule has 2 amide bonds. The molecule has 0 unspecified atom stereocenters. The molecule has 1 heterocycles. The van der Waals surface area contributed by atoms with E-state index < -0.39 is 5.60 Å². The lowest BCUT2D eigenvalue weighted by Crippen LogP contribution is -2.49. The van der Waals surface area contributed by atoms with Crippen LogP contribution in [0.4, 0.5) is 5.69 Å². The number of amides is 2. The van der Waals surface area contributed by atoms with E-state index in [1.165, 1.54) is 0 Å². The highest BCUT2D eigenvalue weighted by atomic mass is 16.5. The van der Waals surface area contributed by atoms with Crippen LogP contribution < -0.4 is 14.4 Å². The van der Waals surface area contributed by atoms with E-state index >= 15 is 0 Å². The van der Waals surface area contributed by atoms with Gasteiger partial charge in [0.2, 0.25) is 5.91 Å². The molecule has 0 aliphatic carbocycles. The van der Waals surface area contributed by atoms with Gasteiger partial charge in [-0.15, -0.1) is 0 Å². The smallest absolute Gasteiger partial charge is 0.260 e. The van der Waals surface area contributed by atoms with Crippen LogP contribution in [-0.2, 0) is 9.59 Å². The number of unbranched alkanes of at least 4 members (excludes halogenated alkanes) is 1. The van der Waals surface area contributed by atoms with Crippen LogP contribution in [0, 0.1) is 0 Å². The predicted octanol–water partition coefficient (Wildman–Crippen LogP) is 3.65. The highest BCUT2D eigenvalue weighted by Gasteiger charge is 2.36. The number of hydrogen-bond donors (Lipinski definition) is 1. The van der Waals surface area contributed by atoms with Gasteiger partial charge < -0.3 is 24.4 Å². The summed E-state index contributed by atoms with van der Waals surface area (Å²) in [4.78, 5) is 28.5. The molecule has 2 aromatic carbocycles. The third kappa shape index (κ3) is 7.22. The first kappa shape index (κ1) is 24.6. The zero-order valence-corrected chi connectivity index (χ0v) is 19.5. The minimum Gasteiger partial charge on any atom is -0.494 e. The predicted molar refractivity (Wildman–Crippen MR) is 128 cm³/mol. The maximum Gasteiger partial charge on any atom is 0.260 e. The first-order valence-corrected chi connectivity index (χ1v) is 11.6. The number of aliphatic hydroxyl groups is 1. The summed E-state index contributed by atoms with van der Waals surface area (Å²) in [6.07, 6.45) is 2.80. The molecular weight excluding hydrogens is 420 g/mol. The molecule has 7 nitrogen and oxygen atoms in total. The summed E-state index contributed by atoms with van der Waals surface area (Å²) in [5.74, 6) is 1.14. The van der Waals surface area contributed by atoms with Gasteiger partial charge in [-0.2, -0.15) is 0 Å². The Balaban J connectivity index is 1.45. The molecule has 3 rings (SSSR count). The van der Waals surface area contributed by atoms with Gasteiger partial charge in [0.25, 0.3) is 5.91 Å². The first-order chi connectivity index (χ1) is 15.9. The number of piperidine rings is 1. The van der Waals surface area contributed by atoms with Crippen molar-refractivity contribution in [2.75, 3.05) is 38.3 Å². The standard InChI is InChI=1S/C26H34N2O5/c1-3-4-18-32-23-12-10-21(11-13-23)27(2)24(29)19-26(31)14-16-28(17-15-26)25(30)20-33-22-8-6-5-7-9-22/h5-13,31H,3-4,14-20H2,1-2H3. The Hall–Kier alpha value is -3.06. The van der Waals surface area contributed by atoms with Crippen LogP contribution in [0.1, 0.15) is 39.0 Å². The van der Waals surface area contributed by atoms with Gasteiger partial charge in [0.05, 0.1) is 18.6 Å². The van der Waals surface area contributed by atoms with Gasteiger partial charge in [0.15, 0.2) is 6.61 Å². The van der Waals surface area contributed by atoms with Gasteiger partial charge in [-0.25, -0.2) is 0 Å². The van der Waals surface area contributed by atoms with Crippen LogP contribution in [-0.4, -0.2) is 60.8 Å². The number of ether oxygens (including phenoxy) is 2. The van der Waals surface area contributed by atoms with E-state index in [0.717, 1.165) is 24.3 Å². The van der Waals surface area contributed by atoms with E-state index in [1.54, 1.807) is 29.0 Å². The summed E-state index contributed by atoms with van der Waals surface area (Å²) in [6, 6.07) is 16.6. The second-order valence-electron chi connectivity index (χ2n) is 8.53. The average molecular weight is 455 g/mol. The van der Waals surface area contributed by atoms with Gasteiger partial charge in [-0.05, 0) is 55.7 Å². The van der Waals surface area contributed by atoms with E-state index in [1.807, 2.05) is 42.5 Å². The zero-order chi connectivity index (χ0) is 23.7. The highest BCUT2D eigenvalue weighted by molar-refractivity contribution is 5.93. The Morgan fingerprint density at radius 2 is 1.64 bits per heavy atom. The lowest BCUT2D eigenvalue weighted by atomic mass is 9.87. The minimum atomic E-state index is -1.12. The Bertz CT molecular complexity index is 893. The molecule has 0 aromatic heterocycles. The molecule has 33 heavy (non-hydrogen) atoms. The number of carbonyl (C=O) groups is 2. The van der Waals surface area contributed by atoms with E-state index in [4.69, 9.17) is 9.47 Å². The van der Waals surface area contributed by atoms with Crippen molar-refractivity contribution in [3.05, 3.63) is 54.6 Å². The molecule has 1 aliphatic rings. The summed E-state index contributed by atoms with van der Waals surface area (Å²) in [5, 5.41) is 11.0. The molecule has 0 atom stereocenters. The number of likely N-dealkylation sites (tertiary alicyclic amines) is 1. The molecular formula is C26H34N2O5. The molecule has 0 spiro atoms. The van der Waals surface area contributed by atoms with Crippen molar-refractivity contribution in [3.63, 3.8) is 0 Å². The van der Waals surface area contributed by atoms with Crippen molar-refractivity contribution in [2.45, 2.75) is 44.6 Å². The summed E-state index contributed by atoms with van der Waals surface area (Å²) in [7, 11) is 1.71. The van der Waals surface area contributed by atoms with E-state index in [2.05, 4.69) is 6.92 Å². The molecule has 2 aromatic rings. The molecule has 1 N–H and O–H groups in total. The van der Waals surface area contributed by atoms with Gasteiger partial charge in [0.1, 0.15) is 11.5 Å². The molecule has 1 fully saturated rings. The molecule has 0 bridgehead atoms. The van der Waals surface area contributed by atoms with Crippen LogP contribution in [0.25, 0.3) is 0 Å². The van der Waals surface area contributed by atoms with Crippen LogP contribution in [0.3, 0.4) is 0 Å².